The average Bonchev–Trinajstić information content (AvgIpc) is 2.88. The van der Waals surface area contributed by atoms with E-state index < -0.39 is 11.8 Å². The Kier molecular flexibility index (Phi) is 9.14. The summed E-state index contributed by atoms with van der Waals surface area (Å²) in [5.74, 6) is -0.949. The second kappa shape index (κ2) is 12.9. The fraction of sp³-hybridized carbons (Fsp3) is 0.0769. The van der Waals surface area contributed by atoms with E-state index in [4.69, 9.17) is 9.47 Å². The number of benzene rings is 3. The Bertz CT molecular complexity index is 1180. The van der Waals surface area contributed by atoms with Crippen LogP contribution in [0.25, 0.3) is 0 Å². The first-order chi connectivity index (χ1) is 17.0. The van der Waals surface area contributed by atoms with Crippen LogP contribution in [0.2, 0.25) is 0 Å². The lowest BCUT2D eigenvalue weighted by Gasteiger charge is -2.07. The number of nitrogens with zero attached hydrogens (tertiary/aromatic N) is 1. The van der Waals surface area contributed by atoms with Gasteiger partial charge in [0.1, 0.15) is 18.1 Å². The number of hydrogen-bond acceptors (Lipinski definition) is 6. The first-order valence-electron chi connectivity index (χ1n) is 10.6. The number of anilines is 2. The van der Waals surface area contributed by atoms with Gasteiger partial charge in [-0.25, -0.2) is 5.43 Å². The van der Waals surface area contributed by atoms with Crippen LogP contribution in [0.4, 0.5) is 11.4 Å². The molecular weight excluding hydrogens is 448 g/mol. The van der Waals surface area contributed by atoms with Gasteiger partial charge in [0.2, 0.25) is 0 Å². The highest BCUT2D eigenvalue weighted by Crippen LogP contribution is 2.15. The monoisotopic (exact) mass is 472 g/mol. The molecule has 0 spiro atoms. The molecule has 0 unspecified atom stereocenters. The number of nitrogens with one attached hydrogen (secondary N) is 3. The van der Waals surface area contributed by atoms with Gasteiger partial charge in [0.05, 0.1) is 6.21 Å². The summed E-state index contributed by atoms with van der Waals surface area (Å²) in [6, 6.07) is 22.3. The largest absolute Gasteiger partial charge is 0.490 e. The zero-order valence-corrected chi connectivity index (χ0v) is 18.8. The third kappa shape index (κ3) is 8.50. The lowest BCUT2D eigenvalue weighted by atomic mass is 10.2. The van der Waals surface area contributed by atoms with Crippen LogP contribution in [0, 0.1) is 0 Å². The van der Waals surface area contributed by atoms with Crippen molar-refractivity contribution in [2.75, 3.05) is 23.8 Å². The Labute approximate surface area is 202 Å². The molecule has 0 bridgehead atoms. The molecule has 3 aromatic rings. The van der Waals surface area contributed by atoms with Crippen molar-refractivity contribution in [3.05, 3.63) is 97.1 Å². The lowest BCUT2D eigenvalue weighted by molar-refractivity contribution is -0.136. The minimum absolute atomic E-state index is 0.141. The van der Waals surface area contributed by atoms with Gasteiger partial charge in [0, 0.05) is 11.4 Å². The third-order valence-corrected chi connectivity index (χ3v) is 4.37. The van der Waals surface area contributed by atoms with Crippen LogP contribution in [0.15, 0.2) is 96.6 Å². The molecule has 178 valence electrons. The highest BCUT2D eigenvalue weighted by Gasteiger charge is 2.12. The van der Waals surface area contributed by atoms with E-state index in [1.165, 1.54) is 6.21 Å². The number of amides is 3. The molecule has 0 aromatic heterocycles. The molecule has 0 aliphatic carbocycles. The zero-order chi connectivity index (χ0) is 24.9. The summed E-state index contributed by atoms with van der Waals surface area (Å²) in [6.07, 6.45) is 3.00. The maximum atomic E-state index is 12.0. The summed E-state index contributed by atoms with van der Waals surface area (Å²) < 4.78 is 10.8. The molecule has 9 heteroatoms. The summed E-state index contributed by atoms with van der Waals surface area (Å²) >= 11 is 0. The summed E-state index contributed by atoms with van der Waals surface area (Å²) in [5.41, 5.74) is 3.95. The van der Waals surface area contributed by atoms with Crippen molar-refractivity contribution in [3.8, 4) is 11.5 Å². The van der Waals surface area contributed by atoms with Gasteiger partial charge in [0.15, 0.2) is 6.61 Å². The molecule has 9 nitrogen and oxygen atoms in total. The molecular formula is C26H24N4O5. The summed E-state index contributed by atoms with van der Waals surface area (Å²) in [7, 11) is 0. The summed E-state index contributed by atoms with van der Waals surface area (Å²) in [4.78, 5) is 35.9. The first kappa shape index (κ1) is 24.7. The summed E-state index contributed by atoms with van der Waals surface area (Å²) in [5, 5.41) is 8.98. The Morgan fingerprint density at radius 2 is 1.40 bits per heavy atom. The predicted octanol–water partition coefficient (Wildman–Crippen LogP) is 3.36. The Hall–Kier alpha value is -4.92. The minimum atomic E-state index is -0.919. The third-order valence-electron chi connectivity index (χ3n) is 4.37. The van der Waals surface area contributed by atoms with E-state index in [9.17, 15) is 14.4 Å². The molecule has 0 saturated carbocycles. The number of carbonyl (C=O) groups is 3. The minimum Gasteiger partial charge on any atom is -0.490 e. The van der Waals surface area contributed by atoms with Gasteiger partial charge in [-0.3, -0.25) is 14.4 Å². The fourth-order valence-electron chi connectivity index (χ4n) is 2.71. The molecule has 35 heavy (non-hydrogen) atoms. The van der Waals surface area contributed by atoms with Gasteiger partial charge in [-0.1, -0.05) is 30.9 Å². The van der Waals surface area contributed by atoms with Crippen LogP contribution in [0.5, 0.6) is 11.5 Å². The number of rotatable bonds is 10. The second-order valence-electron chi connectivity index (χ2n) is 7.05. The molecule has 3 N–H and O–H groups in total. The van der Waals surface area contributed by atoms with E-state index >= 15 is 0 Å². The Balaban J connectivity index is 1.40. The van der Waals surface area contributed by atoms with Gasteiger partial charge >= 0.3 is 11.8 Å². The second-order valence-corrected chi connectivity index (χ2v) is 7.05. The van der Waals surface area contributed by atoms with Crippen molar-refractivity contribution in [1.82, 2.24) is 5.43 Å². The molecule has 0 saturated heterocycles. The lowest BCUT2D eigenvalue weighted by Crippen LogP contribution is -2.32. The van der Waals surface area contributed by atoms with Crippen LogP contribution < -0.4 is 25.5 Å². The quantitative estimate of drug-likeness (QED) is 0.181. The molecule has 0 aliphatic heterocycles. The first-order valence-corrected chi connectivity index (χ1v) is 10.6. The van der Waals surface area contributed by atoms with Crippen molar-refractivity contribution in [2.45, 2.75) is 0 Å². The van der Waals surface area contributed by atoms with Crippen LogP contribution in [-0.4, -0.2) is 37.1 Å². The number of carbonyl (C=O) groups excluding carboxylic acids is 3. The van der Waals surface area contributed by atoms with Crippen molar-refractivity contribution in [3.63, 3.8) is 0 Å². The molecule has 3 amide bonds. The molecule has 0 aliphatic rings. The van der Waals surface area contributed by atoms with E-state index in [1.807, 2.05) is 18.2 Å². The molecule has 0 atom stereocenters. The number of hydrogen-bond donors (Lipinski definition) is 3. The predicted molar refractivity (Wildman–Crippen MR) is 134 cm³/mol. The SMILES string of the molecule is C=CCOc1ccc(NC(=O)C(=O)N/N=C\c2ccc(OCC(=O)Nc3ccccc3)cc2)cc1. The average molecular weight is 473 g/mol. The Morgan fingerprint density at radius 1 is 0.771 bits per heavy atom. The zero-order valence-electron chi connectivity index (χ0n) is 18.8. The Morgan fingerprint density at radius 3 is 2.09 bits per heavy atom. The number of ether oxygens (including phenoxy) is 2. The standard InChI is InChI=1S/C26H24N4O5/c1-2-16-34-22-14-10-21(11-15-22)29-25(32)26(33)30-27-17-19-8-12-23(13-9-19)35-18-24(31)28-20-6-4-3-5-7-20/h2-15,17H,1,16,18H2,(H,28,31)(H,29,32)(H,30,33)/b27-17-. The summed E-state index contributed by atoms with van der Waals surface area (Å²) in [6.45, 7) is 3.80. The molecule has 0 fully saturated rings. The molecule has 0 radical (unpaired) electrons. The van der Waals surface area contributed by atoms with E-state index in [2.05, 4.69) is 27.7 Å². The topological polar surface area (TPSA) is 118 Å². The van der Waals surface area contributed by atoms with E-state index in [0.29, 0.717) is 35.0 Å². The van der Waals surface area contributed by atoms with Crippen molar-refractivity contribution < 1.29 is 23.9 Å². The highest BCUT2D eigenvalue weighted by molar-refractivity contribution is 6.39. The van der Waals surface area contributed by atoms with Crippen molar-refractivity contribution >= 4 is 35.3 Å². The smallest absolute Gasteiger partial charge is 0.329 e. The van der Waals surface area contributed by atoms with Crippen LogP contribution in [-0.2, 0) is 14.4 Å². The van der Waals surface area contributed by atoms with Gasteiger partial charge in [0.25, 0.3) is 5.91 Å². The van der Waals surface area contributed by atoms with Gasteiger partial charge in [-0.15, -0.1) is 0 Å². The van der Waals surface area contributed by atoms with Gasteiger partial charge in [-0.2, -0.15) is 5.10 Å². The number of hydrazone groups is 1. The van der Waals surface area contributed by atoms with Crippen LogP contribution in [0.1, 0.15) is 5.56 Å². The van der Waals surface area contributed by atoms with Gasteiger partial charge < -0.3 is 20.1 Å². The molecule has 3 aromatic carbocycles. The van der Waals surface area contributed by atoms with Gasteiger partial charge in [-0.05, 0) is 66.2 Å². The van der Waals surface area contributed by atoms with E-state index in [-0.39, 0.29) is 12.5 Å². The van der Waals surface area contributed by atoms with E-state index in [0.717, 1.165) is 0 Å². The van der Waals surface area contributed by atoms with Crippen molar-refractivity contribution in [1.29, 1.82) is 0 Å². The molecule has 0 heterocycles. The normalized spacial score (nSPS) is 10.3. The van der Waals surface area contributed by atoms with Crippen LogP contribution in [0.3, 0.4) is 0 Å². The van der Waals surface area contributed by atoms with Crippen molar-refractivity contribution in [2.24, 2.45) is 5.10 Å². The van der Waals surface area contributed by atoms with E-state index in [1.54, 1.807) is 66.7 Å². The highest BCUT2D eigenvalue weighted by atomic mass is 16.5. The molecule has 3 rings (SSSR count). The maximum absolute atomic E-state index is 12.0. The van der Waals surface area contributed by atoms with Crippen LogP contribution >= 0.6 is 0 Å². The maximum Gasteiger partial charge on any atom is 0.329 e. The fourth-order valence-corrected chi connectivity index (χ4v) is 2.71. The number of para-hydroxylation sites is 1.